The van der Waals surface area contributed by atoms with Crippen molar-refractivity contribution in [2.45, 2.75) is 39.3 Å². The summed E-state index contributed by atoms with van der Waals surface area (Å²) in [7, 11) is 0. The summed E-state index contributed by atoms with van der Waals surface area (Å²) in [5.41, 5.74) is 0. The molecule has 0 saturated carbocycles. The van der Waals surface area contributed by atoms with Crippen molar-refractivity contribution in [3.05, 3.63) is 19.9 Å². The minimum absolute atomic E-state index is 0.578. The van der Waals surface area contributed by atoms with Crippen LogP contribution in [0.4, 0.5) is 0 Å². The fraction of sp³-hybridized carbons (Fsp3) is 0.600. The molecule has 1 heterocycles. The first-order chi connectivity index (χ1) is 6.08. The lowest BCUT2D eigenvalue weighted by atomic mass is 10.2. The lowest BCUT2D eigenvalue weighted by Crippen LogP contribution is -2.33. The van der Waals surface area contributed by atoms with Crippen molar-refractivity contribution in [1.82, 2.24) is 5.32 Å². The molecule has 0 radical (unpaired) electrons. The SMILES string of the molecule is CC(C)N[C@@H](C)Cc1ccc([125I])s1. The summed E-state index contributed by atoms with van der Waals surface area (Å²) in [5.74, 6) is 0. The van der Waals surface area contributed by atoms with E-state index < -0.39 is 0 Å². The Hall–Kier alpha value is 0.390. The van der Waals surface area contributed by atoms with Gasteiger partial charge in [0, 0.05) is 17.0 Å². The predicted molar refractivity (Wildman–Crippen MR) is 68.5 cm³/mol. The first kappa shape index (κ1) is 11.5. The Kier molecular flexibility index (Phi) is 4.69. The van der Waals surface area contributed by atoms with Crippen molar-refractivity contribution >= 4 is 33.9 Å². The summed E-state index contributed by atoms with van der Waals surface area (Å²) >= 11 is 4.26. The Morgan fingerprint density at radius 3 is 2.54 bits per heavy atom. The number of hydrogen-bond donors (Lipinski definition) is 1. The van der Waals surface area contributed by atoms with E-state index in [0.29, 0.717) is 12.1 Å². The van der Waals surface area contributed by atoms with Crippen LogP contribution in [0, 0.1) is 2.88 Å². The molecule has 13 heavy (non-hydrogen) atoms. The molecule has 0 unspecified atom stereocenters. The zero-order valence-electron chi connectivity index (χ0n) is 8.30. The normalized spacial score (nSPS) is 13.6. The smallest absolute Gasteiger partial charge is 0.0656 e. The van der Waals surface area contributed by atoms with E-state index in [4.69, 9.17) is 0 Å². The molecule has 0 aliphatic carbocycles. The van der Waals surface area contributed by atoms with Gasteiger partial charge in [-0.2, -0.15) is 0 Å². The molecule has 3 heteroatoms. The van der Waals surface area contributed by atoms with Gasteiger partial charge < -0.3 is 5.32 Å². The maximum atomic E-state index is 3.50. The number of hydrogen-bond acceptors (Lipinski definition) is 2. The van der Waals surface area contributed by atoms with Crippen LogP contribution in [-0.2, 0) is 6.42 Å². The summed E-state index contributed by atoms with van der Waals surface area (Å²) in [4.78, 5) is 1.48. The molecule has 1 N–H and O–H groups in total. The van der Waals surface area contributed by atoms with Crippen LogP contribution in [0.25, 0.3) is 0 Å². The van der Waals surface area contributed by atoms with E-state index >= 15 is 0 Å². The van der Waals surface area contributed by atoms with Crippen molar-refractivity contribution in [3.8, 4) is 0 Å². The number of rotatable bonds is 4. The molecule has 0 bridgehead atoms. The van der Waals surface area contributed by atoms with Gasteiger partial charge in [-0.1, -0.05) is 13.8 Å². The standard InChI is InChI=1S/C10H16INS/c1-7(2)12-8(3)6-9-4-5-10(11)13-9/h4-5,7-8,12H,6H2,1-3H3/t8-/m0/s1/i11-2. The second-order valence-corrected chi connectivity index (χ2v) is 6.69. The monoisotopic (exact) mass is 307 g/mol. The van der Waals surface area contributed by atoms with Crippen LogP contribution in [0.5, 0.6) is 0 Å². The van der Waals surface area contributed by atoms with E-state index in [2.05, 4.69) is 60.8 Å². The van der Waals surface area contributed by atoms with Gasteiger partial charge >= 0.3 is 0 Å². The van der Waals surface area contributed by atoms with Gasteiger partial charge in [-0.15, -0.1) is 11.3 Å². The van der Waals surface area contributed by atoms with Crippen LogP contribution < -0.4 is 5.32 Å². The van der Waals surface area contributed by atoms with E-state index in [-0.39, 0.29) is 0 Å². The molecular weight excluding hydrogens is 291 g/mol. The molecule has 0 fully saturated rings. The van der Waals surface area contributed by atoms with Gasteiger partial charge in [0.1, 0.15) is 0 Å². The molecule has 1 rings (SSSR count). The van der Waals surface area contributed by atoms with Crippen LogP contribution in [0.2, 0.25) is 0 Å². The molecule has 0 aliphatic rings. The third-order valence-corrected chi connectivity index (χ3v) is 3.67. The fourth-order valence-electron chi connectivity index (χ4n) is 1.39. The molecule has 1 aromatic heterocycles. The van der Waals surface area contributed by atoms with Gasteiger partial charge in [-0.3, -0.25) is 0 Å². The number of halogens is 1. The summed E-state index contributed by atoms with van der Waals surface area (Å²) in [6, 6.07) is 5.57. The minimum Gasteiger partial charge on any atom is -0.312 e. The third kappa shape index (κ3) is 4.42. The van der Waals surface area contributed by atoms with Gasteiger partial charge in [0.25, 0.3) is 0 Å². The first-order valence-corrected chi connectivity index (χ1v) is 6.47. The first-order valence-electron chi connectivity index (χ1n) is 4.58. The maximum Gasteiger partial charge on any atom is 0.0656 e. The van der Waals surface area contributed by atoms with Gasteiger partial charge in [0.05, 0.1) is 2.88 Å². The van der Waals surface area contributed by atoms with E-state index in [0.717, 1.165) is 6.42 Å². The molecule has 0 aromatic carbocycles. The largest absolute Gasteiger partial charge is 0.312 e. The quantitative estimate of drug-likeness (QED) is 0.842. The fourth-order valence-corrected chi connectivity index (χ4v) is 3.28. The highest BCUT2D eigenvalue weighted by Gasteiger charge is 2.06. The average Bonchev–Trinajstić information content (AvgIpc) is 2.33. The van der Waals surface area contributed by atoms with E-state index in [1.807, 2.05) is 11.3 Å². The van der Waals surface area contributed by atoms with Crippen molar-refractivity contribution in [1.29, 1.82) is 0 Å². The molecule has 1 atom stereocenters. The van der Waals surface area contributed by atoms with Crippen LogP contribution in [0.3, 0.4) is 0 Å². The maximum absolute atomic E-state index is 3.50. The minimum atomic E-state index is 0.578. The van der Waals surface area contributed by atoms with Gasteiger partial charge in [-0.25, -0.2) is 0 Å². The van der Waals surface area contributed by atoms with Crippen molar-refractivity contribution in [2.24, 2.45) is 0 Å². The second-order valence-electron chi connectivity index (χ2n) is 3.63. The Morgan fingerprint density at radius 2 is 2.08 bits per heavy atom. The highest BCUT2D eigenvalue weighted by Crippen LogP contribution is 2.19. The van der Waals surface area contributed by atoms with E-state index in [1.54, 1.807) is 0 Å². The molecular formula is C10H16INS. The number of thiophene rings is 1. The molecule has 0 saturated heterocycles. The molecule has 74 valence electrons. The van der Waals surface area contributed by atoms with Gasteiger partial charge in [0.2, 0.25) is 0 Å². The van der Waals surface area contributed by atoms with Crippen LogP contribution in [-0.4, -0.2) is 12.1 Å². The summed E-state index contributed by atoms with van der Waals surface area (Å²) in [6.45, 7) is 6.62. The topological polar surface area (TPSA) is 12.0 Å². The van der Waals surface area contributed by atoms with Crippen LogP contribution in [0.15, 0.2) is 12.1 Å². The molecule has 0 aliphatic heterocycles. The Balaban J connectivity index is 2.40. The predicted octanol–water partition coefficient (Wildman–Crippen LogP) is 3.28. The van der Waals surface area contributed by atoms with E-state index in [9.17, 15) is 0 Å². The molecule has 0 spiro atoms. The van der Waals surface area contributed by atoms with Gasteiger partial charge in [0.15, 0.2) is 0 Å². The molecule has 1 aromatic rings. The molecule has 1 nitrogen and oxygen atoms in total. The molecule has 0 amide bonds. The van der Waals surface area contributed by atoms with Crippen molar-refractivity contribution in [2.75, 3.05) is 0 Å². The second kappa shape index (κ2) is 5.32. The zero-order chi connectivity index (χ0) is 9.84. The van der Waals surface area contributed by atoms with Crippen molar-refractivity contribution in [3.63, 3.8) is 0 Å². The number of nitrogens with one attached hydrogen (secondary N) is 1. The lowest BCUT2D eigenvalue weighted by Gasteiger charge is -2.15. The Bertz CT molecular complexity index is 257. The summed E-state index contributed by atoms with van der Waals surface area (Å²) in [5, 5.41) is 3.50. The average molecular weight is 307 g/mol. The van der Waals surface area contributed by atoms with Crippen molar-refractivity contribution < 1.29 is 0 Å². The van der Waals surface area contributed by atoms with Gasteiger partial charge in [-0.05, 0) is 48.1 Å². The lowest BCUT2D eigenvalue weighted by molar-refractivity contribution is 0.490. The zero-order valence-corrected chi connectivity index (χ0v) is 11.3. The summed E-state index contributed by atoms with van der Waals surface area (Å²) < 4.78 is 1.38. The van der Waals surface area contributed by atoms with Crippen LogP contribution >= 0.6 is 33.9 Å². The highest BCUT2D eigenvalue weighted by molar-refractivity contribution is 14.1. The Morgan fingerprint density at radius 1 is 1.38 bits per heavy atom. The summed E-state index contributed by atoms with van der Waals surface area (Å²) in [6.07, 6.45) is 1.14. The highest BCUT2D eigenvalue weighted by atomic mass is 125. The third-order valence-electron chi connectivity index (χ3n) is 1.75. The van der Waals surface area contributed by atoms with Crippen LogP contribution in [0.1, 0.15) is 25.6 Å². The Labute approximate surface area is 98.1 Å². The van der Waals surface area contributed by atoms with E-state index in [1.165, 1.54) is 7.76 Å².